The van der Waals surface area contributed by atoms with E-state index in [4.69, 9.17) is 16.3 Å². The molecule has 0 fully saturated rings. The molecule has 1 aromatic rings. The largest absolute Gasteiger partial charge is 0.490 e. The molecule has 2 heteroatoms. The number of halogens is 1. The van der Waals surface area contributed by atoms with Crippen molar-refractivity contribution in [1.29, 1.82) is 0 Å². The van der Waals surface area contributed by atoms with Crippen LogP contribution >= 0.6 is 11.6 Å². The summed E-state index contributed by atoms with van der Waals surface area (Å²) in [5.41, 5.74) is 2.65. The summed E-state index contributed by atoms with van der Waals surface area (Å²) in [7, 11) is 0. The maximum atomic E-state index is 6.09. The second kappa shape index (κ2) is 4.67. The van der Waals surface area contributed by atoms with E-state index in [1.165, 1.54) is 11.1 Å². The Labute approximate surface area is 103 Å². The van der Waals surface area contributed by atoms with Crippen molar-refractivity contribution >= 4 is 11.6 Å². The van der Waals surface area contributed by atoms with Crippen molar-refractivity contribution in [3.8, 4) is 5.75 Å². The van der Waals surface area contributed by atoms with Gasteiger partial charge in [-0.3, -0.25) is 0 Å². The fourth-order valence-corrected chi connectivity index (χ4v) is 2.29. The molecule has 3 unspecified atom stereocenters. The number of aryl methyl sites for hydroxylation is 1. The molecule has 1 nitrogen and oxygen atoms in total. The third-order valence-corrected chi connectivity index (χ3v) is 3.81. The van der Waals surface area contributed by atoms with Gasteiger partial charge in [0.1, 0.15) is 11.9 Å². The van der Waals surface area contributed by atoms with E-state index < -0.39 is 0 Å². The summed E-state index contributed by atoms with van der Waals surface area (Å²) in [6.07, 6.45) is 2.39. The fourth-order valence-electron chi connectivity index (χ4n) is 2.18. The number of benzene rings is 1. The molecule has 0 aromatic heterocycles. The van der Waals surface area contributed by atoms with Gasteiger partial charge in [0.25, 0.3) is 0 Å². The Morgan fingerprint density at radius 3 is 2.88 bits per heavy atom. The van der Waals surface area contributed by atoms with E-state index >= 15 is 0 Å². The fraction of sp³-hybridized carbons (Fsp3) is 0.571. The van der Waals surface area contributed by atoms with Crippen molar-refractivity contribution in [3.05, 3.63) is 29.3 Å². The Bertz CT molecular complexity index is 373. The van der Waals surface area contributed by atoms with Crippen LogP contribution in [0.15, 0.2) is 18.2 Å². The van der Waals surface area contributed by atoms with Gasteiger partial charge in [0.05, 0.1) is 0 Å². The van der Waals surface area contributed by atoms with Crippen LogP contribution in [0, 0.1) is 12.8 Å². The number of hydrogen-bond acceptors (Lipinski definition) is 1. The molecule has 1 heterocycles. The molecule has 0 N–H and O–H groups in total. The Morgan fingerprint density at radius 2 is 2.19 bits per heavy atom. The summed E-state index contributed by atoms with van der Waals surface area (Å²) in [4.78, 5) is 0. The lowest BCUT2D eigenvalue weighted by Gasteiger charge is -2.18. The van der Waals surface area contributed by atoms with Crippen LogP contribution in [0.5, 0.6) is 5.75 Å². The van der Waals surface area contributed by atoms with Gasteiger partial charge < -0.3 is 4.74 Å². The minimum atomic E-state index is 0.217. The highest BCUT2D eigenvalue weighted by Crippen LogP contribution is 2.32. The van der Waals surface area contributed by atoms with E-state index in [1.54, 1.807) is 0 Å². The SMILES string of the molecule is Cc1ccc2c(c1)CC(CC(C)C(C)Cl)O2. The van der Waals surface area contributed by atoms with E-state index in [0.717, 1.165) is 18.6 Å². The Balaban J connectivity index is 2.00. The molecule has 16 heavy (non-hydrogen) atoms. The monoisotopic (exact) mass is 238 g/mol. The maximum absolute atomic E-state index is 6.09. The van der Waals surface area contributed by atoms with Crippen molar-refractivity contribution in [3.63, 3.8) is 0 Å². The number of ether oxygens (including phenoxy) is 1. The van der Waals surface area contributed by atoms with Crippen LogP contribution in [0.4, 0.5) is 0 Å². The van der Waals surface area contributed by atoms with Crippen molar-refractivity contribution < 1.29 is 4.74 Å². The van der Waals surface area contributed by atoms with Crippen LogP contribution < -0.4 is 4.74 Å². The van der Waals surface area contributed by atoms with Crippen LogP contribution in [-0.4, -0.2) is 11.5 Å². The molecule has 1 aliphatic rings. The quantitative estimate of drug-likeness (QED) is 0.725. The second-order valence-corrected chi connectivity index (χ2v) is 5.63. The molecule has 2 rings (SSSR count). The van der Waals surface area contributed by atoms with Crippen LogP contribution in [0.2, 0.25) is 0 Å². The van der Waals surface area contributed by atoms with Crippen molar-refractivity contribution in [2.75, 3.05) is 0 Å². The van der Waals surface area contributed by atoms with Crippen LogP contribution in [0.1, 0.15) is 31.4 Å². The average molecular weight is 239 g/mol. The van der Waals surface area contributed by atoms with Gasteiger partial charge in [-0.25, -0.2) is 0 Å². The smallest absolute Gasteiger partial charge is 0.123 e. The lowest BCUT2D eigenvalue weighted by molar-refractivity contribution is 0.197. The summed E-state index contributed by atoms with van der Waals surface area (Å²) in [5, 5.41) is 0.217. The summed E-state index contributed by atoms with van der Waals surface area (Å²) in [6.45, 7) is 6.37. The van der Waals surface area contributed by atoms with Gasteiger partial charge in [-0.1, -0.05) is 24.6 Å². The highest BCUT2D eigenvalue weighted by atomic mass is 35.5. The second-order valence-electron chi connectivity index (χ2n) is 4.95. The first-order chi connectivity index (χ1) is 7.56. The number of rotatable bonds is 3. The zero-order chi connectivity index (χ0) is 11.7. The normalized spacial score (nSPS) is 22.4. The van der Waals surface area contributed by atoms with Gasteiger partial charge in [-0.05, 0) is 37.8 Å². The summed E-state index contributed by atoms with van der Waals surface area (Å²) in [6, 6.07) is 6.42. The Morgan fingerprint density at radius 1 is 1.44 bits per heavy atom. The molecular weight excluding hydrogens is 220 g/mol. The third kappa shape index (κ3) is 2.52. The Hall–Kier alpha value is -0.690. The predicted octanol–water partition coefficient (Wildman–Crippen LogP) is 3.95. The first-order valence-corrected chi connectivity index (χ1v) is 6.40. The molecule has 3 atom stereocenters. The van der Waals surface area contributed by atoms with E-state index in [0.29, 0.717) is 12.0 Å². The minimum absolute atomic E-state index is 0.217. The molecule has 0 saturated carbocycles. The first kappa shape index (κ1) is 11.8. The summed E-state index contributed by atoms with van der Waals surface area (Å²) in [5.74, 6) is 1.56. The van der Waals surface area contributed by atoms with Crippen LogP contribution in [0.3, 0.4) is 0 Å². The summed E-state index contributed by atoms with van der Waals surface area (Å²) < 4.78 is 5.92. The molecule has 0 amide bonds. The number of alkyl halides is 1. The van der Waals surface area contributed by atoms with Crippen molar-refractivity contribution in [2.24, 2.45) is 5.92 Å². The topological polar surface area (TPSA) is 9.23 Å². The average Bonchev–Trinajstić information content (AvgIpc) is 2.58. The van der Waals surface area contributed by atoms with Crippen LogP contribution in [-0.2, 0) is 6.42 Å². The molecule has 88 valence electrons. The molecule has 0 saturated heterocycles. The van der Waals surface area contributed by atoms with Gasteiger partial charge in [0, 0.05) is 11.8 Å². The van der Waals surface area contributed by atoms with Crippen LogP contribution in [0.25, 0.3) is 0 Å². The highest BCUT2D eigenvalue weighted by Gasteiger charge is 2.25. The Kier molecular flexibility index (Phi) is 3.44. The van der Waals surface area contributed by atoms with Crippen molar-refractivity contribution in [1.82, 2.24) is 0 Å². The molecule has 0 spiro atoms. The van der Waals surface area contributed by atoms with E-state index in [-0.39, 0.29) is 5.38 Å². The third-order valence-electron chi connectivity index (χ3n) is 3.38. The molecule has 0 radical (unpaired) electrons. The van der Waals surface area contributed by atoms with Gasteiger partial charge in [0.15, 0.2) is 0 Å². The number of fused-ring (bicyclic) bond motifs is 1. The van der Waals surface area contributed by atoms with Gasteiger partial charge >= 0.3 is 0 Å². The zero-order valence-corrected chi connectivity index (χ0v) is 10.9. The van der Waals surface area contributed by atoms with E-state index in [2.05, 4.69) is 39.0 Å². The van der Waals surface area contributed by atoms with E-state index in [9.17, 15) is 0 Å². The molecule has 0 aliphatic carbocycles. The summed E-state index contributed by atoms with van der Waals surface area (Å²) >= 11 is 6.09. The maximum Gasteiger partial charge on any atom is 0.123 e. The van der Waals surface area contributed by atoms with Gasteiger partial charge in [-0.2, -0.15) is 0 Å². The molecule has 1 aliphatic heterocycles. The molecular formula is C14H19ClO. The molecule has 0 bridgehead atoms. The zero-order valence-electron chi connectivity index (χ0n) is 10.2. The minimum Gasteiger partial charge on any atom is -0.490 e. The lowest BCUT2D eigenvalue weighted by atomic mass is 9.97. The highest BCUT2D eigenvalue weighted by molar-refractivity contribution is 6.20. The first-order valence-electron chi connectivity index (χ1n) is 5.96. The predicted molar refractivity (Wildman–Crippen MR) is 68.4 cm³/mol. The van der Waals surface area contributed by atoms with Gasteiger partial charge in [-0.15, -0.1) is 11.6 Å². The molecule has 1 aromatic carbocycles. The van der Waals surface area contributed by atoms with Crippen molar-refractivity contribution in [2.45, 2.75) is 45.1 Å². The van der Waals surface area contributed by atoms with E-state index in [1.807, 2.05) is 0 Å². The number of hydrogen-bond donors (Lipinski definition) is 0. The standard InChI is InChI=1S/C14H19ClO/c1-9-4-5-14-12(6-9)8-13(16-14)7-10(2)11(3)15/h4-6,10-11,13H,7-8H2,1-3H3. The van der Waals surface area contributed by atoms with Gasteiger partial charge in [0.2, 0.25) is 0 Å². The lowest BCUT2D eigenvalue weighted by Crippen LogP contribution is -2.20.